The summed E-state index contributed by atoms with van der Waals surface area (Å²) in [7, 11) is 0. The molecule has 2 aliphatic rings. The Labute approximate surface area is 182 Å². The van der Waals surface area contributed by atoms with Crippen LogP contribution in [0.1, 0.15) is 5.56 Å². The molecule has 160 valence electrons. The molecule has 2 saturated heterocycles. The van der Waals surface area contributed by atoms with E-state index in [-0.39, 0.29) is 11.7 Å². The highest BCUT2D eigenvalue weighted by atomic mass is 35.5. The summed E-state index contributed by atoms with van der Waals surface area (Å²) >= 11 is 6.31. The summed E-state index contributed by atoms with van der Waals surface area (Å²) in [5.74, 6) is 0.0265. The van der Waals surface area contributed by atoms with Crippen molar-refractivity contribution in [1.82, 2.24) is 14.7 Å². The number of halogens is 2. The van der Waals surface area contributed by atoms with Gasteiger partial charge in [0.15, 0.2) is 0 Å². The zero-order chi connectivity index (χ0) is 20.9. The minimum atomic E-state index is -0.160. The maximum Gasteiger partial charge on any atom is 0.236 e. The SMILES string of the molecule is O=C(CN1CCN(c2ccccc2Cl)CC1)N1CCN(Cc2ccccc2F)CC1. The predicted octanol–water partition coefficient (Wildman–Crippen LogP) is 2.95. The molecule has 0 aliphatic carbocycles. The Bertz CT molecular complexity index is 864. The lowest BCUT2D eigenvalue weighted by Gasteiger charge is -2.38. The second-order valence-electron chi connectivity index (χ2n) is 7.96. The summed E-state index contributed by atoms with van der Waals surface area (Å²) in [6.45, 7) is 7.46. The Kier molecular flexibility index (Phi) is 6.87. The third-order valence-electron chi connectivity index (χ3n) is 6.00. The topological polar surface area (TPSA) is 30.0 Å². The molecule has 1 amide bonds. The van der Waals surface area contributed by atoms with Crippen LogP contribution >= 0.6 is 11.6 Å². The largest absolute Gasteiger partial charge is 0.368 e. The van der Waals surface area contributed by atoms with Gasteiger partial charge in [0.1, 0.15) is 5.82 Å². The first-order valence-electron chi connectivity index (χ1n) is 10.6. The molecule has 0 N–H and O–H groups in total. The van der Waals surface area contributed by atoms with Crippen molar-refractivity contribution in [3.05, 3.63) is 64.9 Å². The summed E-state index contributed by atoms with van der Waals surface area (Å²) in [6.07, 6.45) is 0. The van der Waals surface area contributed by atoms with E-state index >= 15 is 0 Å². The van der Waals surface area contributed by atoms with Gasteiger partial charge in [-0.25, -0.2) is 4.39 Å². The number of piperazine rings is 2. The highest BCUT2D eigenvalue weighted by Gasteiger charge is 2.25. The molecule has 4 rings (SSSR count). The molecule has 2 aromatic carbocycles. The van der Waals surface area contributed by atoms with Crippen molar-refractivity contribution in [2.75, 3.05) is 63.8 Å². The molecule has 2 heterocycles. The third-order valence-corrected chi connectivity index (χ3v) is 6.32. The van der Waals surface area contributed by atoms with E-state index in [2.05, 4.69) is 14.7 Å². The minimum Gasteiger partial charge on any atom is -0.368 e. The standard InChI is InChI=1S/C23H28ClFN4O/c24-20-6-2-4-8-22(20)28-13-9-27(10-14-28)18-23(30)29-15-11-26(12-16-29)17-19-5-1-3-7-21(19)25/h1-8H,9-18H2. The summed E-state index contributed by atoms with van der Waals surface area (Å²) in [4.78, 5) is 21.4. The van der Waals surface area contributed by atoms with Crippen molar-refractivity contribution in [3.8, 4) is 0 Å². The quantitative estimate of drug-likeness (QED) is 0.729. The Hall–Kier alpha value is -2.15. The van der Waals surface area contributed by atoms with Gasteiger partial charge in [0, 0.05) is 64.5 Å². The van der Waals surface area contributed by atoms with Crippen LogP contribution in [-0.2, 0) is 11.3 Å². The van der Waals surface area contributed by atoms with Crippen molar-refractivity contribution >= 4 is 23.2 Å². The number of hydrogen-bond donors (Lipinski definition) is 0. The van der Waals surface area contributed by atoms with Gasteiger partial charge >= 0.3 is 0 Å². The number of benzene rings is 2. The number of amides is 1. The second-order valence-corrected chi connectivity index (χ2v) is 8.37. The van der Waals surface area contributed by atoms with Crippen LogP contribution in [0.25, 0.3) is 0 Å². The minimum absolute atomic E-state index is 0.160. The van der Waals surface area contributed by atoms with E-state index in [4.69, 9.17) is 11.6 Å². The van der Waals surface area contributed by atoms with Gasteiger partial charge in [-0.15, -0.1) is 0 Å². The Morgan fingerprint density at radius 1 is 0.833 bits per heavy atom. The second kappa shape index (κ2) is 9.77. The van der Waals surface area contributed by atoms with E-state index in [0.29, 0.717) is 31.7 Å². The molecule has 2 aromatic rings. The zero-order valence-corrected chi connectivity index (χ0v) is 17.9. The Morgan fingerprint density at radius 2 is 1.47 bits per heavy atom. The first kappa shape index (κ1) is 21.1. The van der Waals surface area contributed by atoms with Gasteiger partial charge in [-0.05, 0) is 18.2 Å². The van der Waals surface area contributed by atoms with Crippen molar-refractivity contribution in [3.63, 3.8) is 0 Å². The van der Waals surface area contributed by atoms with Crippen molar-refractivity contribution in [1.29, 1.82) is 0 Å². The van der Waals surface area contributed by atoms with Gasteiger partial charge < -0.3 is 9.80 Å². The van der Waals surface area contributed by atoms with E-state index in [1.807, 2.05) is 41.3 Å². The molecule has 0 bridgehead atoms. The fraction of sp³-hybridized carbons (Fsp3) is 0.435. The van der Waals surface area contributed by atoms with E-state index in [0.717, 1.165) is 50.0 Å². The molecule has 7 heteroatoms. The fourth-order valence-electron chi connectivity index (χ4n) is 4.17. The summed E-state index contributed by atoms with van der Waals surface area (Å²) in [5.41, 5.74) is 1.78. The van der Waals surface area contributed by atoms with Gasteiger partial charge in [0.05, 0.1) is 17.3 Å². The predicted molar refractivity (Wildman–Crippen MR) is 118 cm³/mol. The van der Waals surface area contributed by atoms with Gasteiger partial charge in [0.25, 0.3) is 0 Å². The van der Waals surface area contributed by atoms with E-state index in [1.165, 1.54) is 6.07 Å². The van der Waals surface area contributed by atoms with E-state index in [9.17, 15) is 9.18 Å². The van der Waals surface area contributed by atoms with E-state index in [1.54, 1.807) is 6.07 Å². The maximum absolute atomic E-state index is 13.9. The van der Waals surface area contributed by atoms with Gasteiger partial charge in [-0.2, -0.15) is 0 Å². The van der Waals surface area contributed by atoms with Crippen molar-refractivity contribution in [2.45, 2.75) is 6.54 Å². The molecule has 5 nitrogen and oxygen atoms in total. The average Bonchev–Trinajstić information content (AvgIpc) is 2.77. The molecular formula is C23H28ClFN4O. The van der Waals surface area contributed by atoms with E-state index < -0.39 is 0 Å². The molecule has 0 unspecified atom stereocenters. The van der Waals surface area contributed by atoms with Gasteiger partial charge in [0.2, 0.25) is 5.91 Å². The molecule has 2 aliphatic heterocycles. The summed E-state index contributed by atoms with van der Waals surface area (Å²) in [6, 6.07) is 14.8. The van der Waals surface area contributed by atoms with Crippen LogP contribution in [0, 0.1) is 5.82 Å². The molecule has 0 saturated carbocycles. The number of para-hydroxylation sites is 1. The normalized spacial score (nSPS) is 18.6. The number of anilines is 1. The number of carbonyl (C=O) groups is 1. The average molecular weight is 431 g/mol. The van der Waals surface area contributed by atoms with Crippen LogP contribution in [-0.4, -0.2) is 79.5 Å². The van der Waals surface area contributed by atoms with Crippen LogP contribution in [0.4, 0.5) is 10.1 Å². The smallest absolute Gasteiger partial charge is 0.236 e. The Morgan fingerprint density at radius 3 is 2.17 bits per heavy atom. The zero-order valence-electron chi connectivity index (χ0n) is 17.1. The van der Waals surface area contributed by atoms with Crippen molar-refractivity contribution < 1.29 is 9.18 Å². The van der Waals surface area contributed by atoms with Gasteiger partial charge in [-0.3, -0.25) is 14.6 Å². The third kappa shape index (κ3) is 5.12. The molecule has 0 spiro atoms. The van der Waals surface area contributed by atoms with Crippen LogP contribution < -0.4 is 4.90 Å². The van der Waals surface area contributed by atoms with Crippen LogP contribution in [0.5, 0.6) is 0 Å². The maximum atomic E-state index is 13.9. The van der Waals surface area contributed by atoms with Gasteiger partial charge in [-0.1, -0.05) is 41.9 Å². The number of nitrogens with zero attached hydrogens (tertiary/aromatic N) is 4. The van der Waals surface area contributed by atoms with Crippen LogP contribution in [0.15, 0.2) is 48.5 Å². The number of hydrogen-bond acceptors (Lipinski definition) is 4. The first-order chi connectivity index (χ1) is 14.6. The lowest BCUT2D eigenvalue weighted by Crippen LogP contribution is -2.53. The monoisotopic (exact) mass is 430 g/mol. The number of carbonyl (C=O) groups excluding carboxylic acids is 1. The highest BCUT2D eigenvalue weighted by molar-refractivity contribution is 6.33. The summed E-state index contributed by atoms with van der Waals surface area (Å²) < 4.78 is 13.9. The lowest BCUT2D eigenvalue weighted by atomic mass is 10.2. The fourth-order valence-corrected chi connectivity index (χ4v) is 4.42. The molecule has 0 aromatic heterocycles. The number of rotatable bonds is 5. The van der Waals surface area contributed by atoms with Crippen LogP contribution in [0.2, 0.25) is 5.02 Å². The molecule has 0 atom stereocenters. The Balaban J connectivity index is 1.21. The first-order valence-corrected chi connectivity index (χ1v) is 10.9. The molecule has 30 heavy (non-hydrogen) atoms. The molecule has 0 radical (unpaired) electrons. The van der Waals surface area contributed by atoms with Crippen molar-refractivity contribution in [2.24, 2.45) is 0 Å². The molecule has 2 fully saturated rings. The summed E-state index contributed by atoms with van der Waals surface area (Å²) in [5, 5.41) is 0.773. The highest BCUT2D eigenvalue weighted by Crippen LogP contribution is 2.26. The lowest BCUT2D eigenvalue weighted by molar-refractivity contribution is -0.134. The van der Waals surface area contributed by atoms with Crippen LogP contribution in [0.3, 0.4) is 0 Å². The molecular weight excluding hydrogens is 403 g/mol.